The lowest BCUT2D eigenvalue weighted by Gasteiger charge is -2.30. The van der Waals surface area contributed by atoms with Gasteiger partial charge < -0.3 is 10.2 Å². The minimum atomic E-state index is -0.317. The Balaban J connectivity index is 1.70. The van der Waals surface area contributed by atoms with E-state index in [1.54, 1.807) is 28.0 Å². The van der Waals surface area contributed by atoms with Crippen LogP contribution in [-0.2, 0) is 9.59 Å². The highest BCUT2D eigenvalue weighted by molar-refractivity contribution is 8.01. The molecule has 2 aliphatic rings. The van der Waals surface area contributed by atoms with Gasteiger partial charge in [0.05, 0.1) is 10.9 Å². The van der Waals surface area contributed by atoms with Crippen LogP contribution in [0.4, 0.5) is 0 Å². The molecule has 0 aromatic carbocycles. The van der Waals surface area contributed by atoms with Crippen LogP contribution in [0.25, 0.3) is 0 Å². The van der Waals surface area contributed by atoms with Crippen LogP contribution >= 0.6 is 23.1 Å². The van der Waals surface area contributed by atoms with Gasteiger partial charge in [0.2, 0.25) is 11.8 Å². The van der Waals surface area contributed by atoms with Crippen molar-refractivity contribution < 1.29 is 9.59 Å². The van der Waals surface area contributed by atoms with Gasteiger partial charge in [-0.1, -0.05) is 6.07 Å². The van der Waals surface area contributed by atoms with Gasteiger partial charge >= 0.3 is 0 Å². The molecule has 0 saturated carbocycles. The summed E-state index contributed by atoms with van der Waals surface area (Å²) in [5.41, 5.74) is 0. The summed E-state index contributed by atoms with van der Waals surface area (Å²) in [5, 5.41) is 5.04. The topological polar surface area (TPSA) is 49.4 Å². The molecule has 1 aromatic heterocycles. The lowest BCUT2D eigenvalue weighted by molar-refractivity contribution is -0.138. The highest BCUT2D eigenvalue weighted by atomic mass is 32.2. The molecule has 6 heteroatoms. The average molecular weight is 310 g/mol. The number of amides is 2. The number of rotatable bonds is 3. The van der Waals surface area contributed by atoms with Crippen molar-refractivity contribution in [2.24, 2.45) is 0 Å². The molecule has 0 aliphatic carbocycles. The fraction of sp³-hybridized carbons (Fsp3) is 0.571. The smallest absolute Gasteiger partial charge is 0.244 e. The van der Waals surface area contributed by atoms with E-state index in [0.29, 0.717) is 12.2 Å². The molecular weight excluding hydrogens is 292 g/mol. The molecule has 2 aliphatic heterocycles. The van der Waals surface area contributed by atoms with Crippen molar-refractivity contribution in [1.82, 2.24) is 10.2 Å². The van der Waals surface area contributed by atoms with Crippen molar-refractivity contribution in [2.45, 2.75) is 43.6 Å². The third-order valence-electron chi connectivity index (χ3n) is 4.08. The minimum absolute atomic E-state index is 0.00272. The van der Waals surface area contributed by atoms with Gasteiger partial charge in [0.1, 0.15) is 6.04 Å². The predicted molar refractivity (Wildman–Crippen MR) is 81.6 cm³/mol. The summed E-state index contributed by atoms with van der Waals surface area (Å²) >= 11 is 3.36. The number of thioether (sulfide) groups is 1. The number of nitrogens with one attached hydrogen (secondary N) is 1. The number of nitrogens with zero attached hydrogens (tertiary/aromatic N) is 1. The molecule has 4 nitrogen and oxygen atoms in total. The van der Waals surface area contributed by atoms with Crippen molar-refractivity contribution in [2.75, 3.05) is 5.75 Å². The standard InChI is InChI=1S/C14H18N2O2S2/c1-9(11-4-3-7-19-11)15-13(18)10-8-20-14(2)6-5-12(17)16(10)14/h3-4,7,9-10H,5-6,8H2,1-2H3,(H,15,18). The summed E-state index contributed by atoms with van der Waals surface area (Å²) in [5.74, 6) is 0.782. The van der Waals surface area contributed by atoms with Gasteiger partial charge in [0.15, 0.2) is 0 Å². The van der Waals surface area contributed by atoms with Crippen LogP contribution in [0.3, 0.4) is 0 Å². The Bertz CT molecular complexity index is 531. The van der Waals surface area contributed by atoms with E-state index in [-0.39, 0.29) is 28.8 Å². The lowest BCUT2D eigenvalue weighted by atomic mass is 10.2. The summed E-state index contributed by atoms with van der Waals surface area (Å²) in [6.07, 6.45) is 1.41. The largest absolute Gasteiger partial charge is 0.347 e. The number of carbonyl (C=O) groups is 2. The molecule has 2 saturated heterocycles. The molecule has 2 amide bonds. The number of hydrogen-bond donors (Lipinski definition) is 1. The second-order valence-electron chi connectivity index (χ2n) is 5.51. The quantitative estimate of drug-likeness (QED) is 0.932. The molecule has 3 atom stereocenters. The highest BCUT2D eigenvalue weighted by Crippen LogP contribution is 2.47. The maximum absolute atomic E-state index is 12.5. The van der Waals surface area contributed by atoms with Crippen LogP contribution < -0.4 is 5.32 Å². The molecule has 2 fully saturated rings. The zero-order valence-corrected chi connectivity index (χ0v) is 13.2. The molecule has 20 heavy (non-hydrogen) atoms. The second-order valence-corrected chi connectivity index (χ2v) is 7.99. The summed E-state index contributed by atoms with van der Waals surface area (Å²) < 4.78 is 0. The Morgan fingerprint density at radius 3 is 3.10 bits per heavy atom. The Hall–Kier alpha value is -1.01. The van der Waals surface area contributed by atoms with Crippen LogP contribution in [0.1, 0.15) is 37.6 Å². The van der Waals surface area contributed by atoms with Crippen LogP contribution in [-0.4, -0.2) is 33.4 Å². The molecular formula is C14H18N2O2S2. The molecule has 0 spiro atoms. The monoisotopic (exact) mass is 310 g/mol. The Morgan fingerprint density at radius 2 is 2.40 bits per heavy atom. The van der Waals surface area contributed by atoms with Crippen molar-refractivity contribution in [3.8, 4) is 0 Å². The van der Waals surface area contributed by atoms with E-state index in [1.807, 2.05) is 24.4 Å². The number of carbonyl (C=O) groups excluding carboxylic acids is 2. The molecule has 3 heterocycles. The van der Waals surface area contributed by atoms with Crippen LogP contribution in [0.5, 0.6) is 0 Å². The third-order valence-corrected chi connectivity index (χ3v) is 6.64. The van der Waals surface area contributed by atoms with Crippen molar-refractivity contribution >= 4 is 34.9 Å². The number of hydrogen-bond acceptors (Lipinski definition) is 4. The van der Waals surface area contributed by atoms with E-state index in [0.717, 1.165) is 11.3 Å². The van der Waals surface area contributed by atoms with Crippen LogP contribution in [0.2, 0.25) is 0 Å². The average Bonchev–Trinajstić information content (AvgIpc) is 3.08. The zero-order valence-electron chi connectivity index (χ0n) is 11.6. The van der Waals surface area contributed by atoms with E-state index < -0.39 is 0 Å². The molecule has 108 valence electrons. The minimum Gasteiger partial charge on any atom is -0.347 e. The Kier molecular flexibility index (Phi) is 3.54. The maximum atomic E-state index is 12.5. The second kappa shape index (κ2) is 5.07. The fourth-order valence-electron chi connectivity index (χ4n) is 2.93. The van der Waals surface area contributed by atoms with Gasteiger partial charge in [-0.2, -0.15) is 0 Å². The third kappa shape index (κ3) is 2.24. The summed E-state index contributed by atoms with van der Waals surface area (Å²) in [4.78, 5) is 27.3. The van der Waals surface area contributed by atoms with Gasteiger partial charge in [-0.25, -0.2) is 0 Å². The first-order valence-corrected chi connectivity index (χ1v) is 8.68. The van der Waals surface area contributed by atoms with E-state index in [4.69, 9.17) is 0 Å². The number of thiophene rings is 1. The van der Waals surface area contributed by atoms with E-state index >= 15 is 0 Å². The van der Waals surface area contributed by atoms with Gasteiger partial charge in [-0.15, -0.1) is 23.1 Å². The SMILES string of the molecule is CC(NC(=O)C1CSC2(C)CCC(=O)N12)c1cccs1. The van der Waals surface area contributed by atoms with Crippen molar-refractivity contribution in [3.05, 3.63) is 22.4 Å². The number of fused-ring (bicyclic) bond motifs is 1. The van der Waals surface area contributed by atoms with E-state index in [1.165, 1.54) is 0 Å². The molecule has 0 bridgehead atoms. The van der Waals surface area contributed by atoms with E-state index in [9.17, 15) is 9.59 Å². The van der Waals surface area contributed by atoms with Gasteiger partial charge in [-0.05, 0) is 31.7 Å². The maximum Gasteiger partial charge on any atom is 0.244 e. The first kappa shape index (κ1) is 13.9. The molecule has 0 radical (unpaired) electrons. The molecule has 3 unspecified atom stereocenters. The van der Waals surface area contributed by atoms with Crippen molar-refractivity contribution in [1.29, 1.82) is 0 Å². The van der Waals surface area contributed by atoms with E-state index in [2.05, 4.69) is 12.2 Å². The first-order valence-electron chi connectivity index (χ1n) is 6.81. The summed E-state index contributed by atoms with van der Waals surface area (Å²) in [6, 6.07) is 3.68. The van der Waals surface area contributed by atoms with Crippen LogP contribution in [0.15, 0.2) is 17.5 Å². The van der Waals surface area contributed by atoms with Crippen molar-refractivity contribution in [3.63, 3.8) is 0 Å². The molecule has 1 N–H and O–H groups in total. The van der Waals surface area contributed by atoms with Gasteiger partial charge in [0.25, 0.3) is 0 Å². The predicted octanol–water partition coefficient (Wildman–Crippen LogP) is 2.38. The Morgan fingerprint density at radius 1 is 1.60 bits per heavy atom. The normalized spacial score (nSPS) is 30.4. The summed E-state index contributed by atoms with van der Waals surface area (Å²) in [6.45, 7) is 4.05. The Labute approximate surface area is 126 Å². The summed E-state index contributed by atoms with van der Waals surface area (Å²) in [7, 11) is 0. The zero-order chi connectivity index (χ0) is 14.3. The molecule has 3 rings (SSSR count). The first-order chi connectivity index (χ1) is 9.51. The van der Waals surface area contributed by atoms with Crippen LogP contribution in [0, 0.1) is 0 Å². The van der Waals surface area contributed by atoms with Gasteiger partial charge in [0, 0.05) is 17.1 Å². The molecule has 1 aromatic rings. The fourth-order valence-corrected chi connectivity index (χ4v) is 5.10. The van der Waals surface area contributed by atoms with Gasteiger partial charge in [-0.3, -0.25) is 9.59 Å². The lowest BCUT2D eigenvalue weighted by Crippen LogP contribution is -2.50. The highest BCUT2D eigenvalue weighted by Gasteiger charge is 2.52.